The summed E-state index contributed by atoms with van der Waals surface area (Å²) < 4.78 is 5.03. The Morgan fingerprint density at radius 2 is 2.13 bits per heavy atom. The Morgan fingerprint density at radius 1 is 1.47 bits per heavy atom. The summed E-state index contributed by atoms with van der Waals surface area (Å²) in [6.45, 7) is 3.30. The first-order chi connectivity index (χ1) is 7.04. The molecule has 6 heteroatoms. The number of nitrogens with zero attached hydrogens (tertiary/aromatic N) is 2. The Balaban J connectivity index is 2.95. The van der Waals surface area contributed by atoms with Gasteiger partial charge in [0.2, 0.25) is 5.88 Å². The Morgan fingerprint density at radius 3 is 2.67 bits per heavy atom. The fraction of sp³-hybridized carbons (Fsp3) is 0.444. The maximum atomic E-state index is 10.4. The number of aromatic nitrogens is 2. The van der Waals surface area contributed by atoms with Gasteiger partial charge in [0.05, 0.1) is 12.7 Å². The summed E-state index contributed by atoms with van der Waals surface area (Å²) >= 11 is 0. The molecule has 1 rings (SSSR count). The van der Waals surface area contributed by atoms with E-state index in [0.29, 0.717) is 23.1 Å². The molecule has 0 bridgehead atoms. The third kappa shape index (κ3) is 2.80. The van der Waals surface area contributed by atoms with E-state index in [1.165, 1.54) is 7.11 Å². The van der Waals surface area contributed by atoms with Gasteiger partial charge in [-0.25, -0.2) is 4.98 Å². The van der Waals surface area contributed by atoms with Gasteiger partial charge in [0.15, 0.2) is 0 Å². The number of nitrogens with one attached hydrogen (secondary N) is 1. The molecule has 0 aliphatic heterocycles. The molecule has 0 atom stereocenters. The lowest BCUT2D eigenvalue weighted by molar-refractivity contribution is -0.134. The molecule has 1 aromatic heterocycles. The van der Waals surface area contributed by atoms with Crippen LogP contribution in [0.2, 0.25) is 0 Å². The highest BCUT2D eigenvalue weighted by atomic mass is 16.5. The summed E-state index contributed by atoms with van der Waals surface area (Å²) in [4.78, 5) is 18.5. The third-order valence-corrected chi connectivity index (χ3v) is 1.81. The number of carboxylic acid groups (broad SMARTS) is 1. The molecule has 82 valence electrons. The van der Waals surface area contributed by atoms with Crippen LogP contribution in [-0.4, -0.2) is 34.7 Å². The minimum atomic E-state index is -0.940. The SMILES string of the molecule is COc1nc(C)nc(NCC(=O)O)c1C. The summed E-state index contributed by atoms with van der Waals surface area (Å²) in [5.41, 5.74) is 0.698. The second-order valence-electron chi connectivity index (χ2n) is 3.00. The molecule has 2 N–H and O–H groups in total. The van der Waals surface area contributed by atoms with Crippen molar-refractivity contribution >= 4 is 11.8 Å². The molecule has 15 heavy (non-hydrogen) atoms. The molecule has 1 aromatic rings. The summed E-state index contributed by atoms with van der Waals surface area (Å²) in [6.07, 6.45) is 0. The van der Waals surface area contributed by atoms with E-state index in [9.17, 15) is 4.79 Å². The standard InChI is InChI=1S/C9H13N3O3/c1-5-8(10-4-7(13)14)11-6(2)12-9(5)15-3/h4H2,1-3H3,(H,13,14)(H,10,11,12). The van der Waals surface area contributed by atoms with Gasteiger partial charge in [-0.3, -0.25) is 4.79 Å². The monoisotopic (exact) mass is 211 g/mol. The molecule has 0 amide bonds. The van der Waals surface area contributed by atoms with Crippen LogP contribution in [0.1, 0.15) is 11.4 Å². The molecule has 0 unspecified atom stereocenters. The van der Waals surface area contributed by atoms with Crippen molar-refractivity contribution in [2.75, 3.05) is 19.0 Å². The fourth-order valence-electron chi connectivity index (χ4n) is 1.13. The molecule has 0 spiro atoms. The lowest BCUT2D eigenvalue weighted by Crippen LogP contribution is -2.15. The largest absolute Gasteiger partial charge is 0.481 e. The minimum Gasteiger partial charge on any atom is -0.481 e. The topological polar surface area (TPSA) is 84.3 Å². The normalized spacial score (nSPS) is 9.80. The van der Waals surface area contributed by atoms with E-state index >= 15 is 0 Å². The van der Waals surface area contributed by atoms with Gasteiger partial charge in [0.1, 0.15) is 18.2 Å². The fourth-order valence-corrected chi connectivity index (χ4v) is 1.13. The first kappa shape index (κ1) is 11.2. The average Bonchev–Trinajstić information content (AvgIpc) is 2.18. The number of hydrogen-bond donors (Lipinski definition) is 2. The van der Waals surface area contributed by atoms with Crippen molar-refractivity contribution in [2.45, 2.75) is 13.8 Å². The third-order valence-electron chi connectivity index (χ3n) is 1.81. The molecule has 6 nitrogen and oxygen atoms in total. The van der Waals surface area contributed by atoms with Crippen molar-refractivity contribution in [3.63, 3.8) is 0 Å². The van der Waals surface area contributed by atoms with Gasteiger partial charge < -0.3 is 15.2 Å². The van der Waals surface area contributed by atoms with E-state index in [4.69, 9.17) is 9.84 Å². The number of carboxylic acids is 1. The number of methoxy groups -OCH3 is 1. The van der Waals surface area contributed by atoms with E-state index in [-0.39, 0.29) is 6.54 Å². The lowest BCUT2D eigenvalue weighted by Gasteiger charge is -2.10. The van der Waals surface area contributed by atoms with Crippen molar-refractivity contribution in [2.24, 2.45) is 0 Å². The number of aliphatic carboxylic acids is 1. The second-order valence-corrected chi connectivity index (χ2v) is 3.00. The van der Waals surface area contributed by atoms with Crippen LogP contribution in [0.25, 0.3) is 0 Å². The van der Waals surface area contributed by atoms with E-state index < -0.39 is 5.97 Å². The van der Waals surface area contributed by atoms with Gasteiger partial charge in [-0.05, 0) is 13.8 Å². The van der Waals surface area contributed by atoms with Gasteiger partial charge >= 0.3 is 5.97 Å². The molecule has 0 saturated heterocycles. The second kappa shape index (κ2) is 4.59. The van der Waals surface area contributed by atoms with Crippen LogP contribution in [0, 0.1) is 13.8 Å². The maximum absolute atomic E-state index is 10.4. The highest BCUT2D eigenvalue weighted by molar-refractivity contribution is 5.72. The zero-order chi connectivity index (χ0) is 11.4. The maximum Gasteiger partial charge on any atom is 0.322 e. The van der Waals surface area contributed by atoms with Crippen LogP contribution < -0.4 is 10.1 Å². The van der Waals surface area contributed by atoms with E-state index in [0.717, 1.165) is 0 Å². The highest BCUT2D eigenvalue weighted by Gasteiger charge is 2.09. The van der Waals surface area contributed by atoms with Gasteiger partial charge in [-0.1, -0.05) is 0 Å². The first-order valence-electron chi connectivity index (χ1n) is 4.39. The smallest absolute Gasteiger partial charge is 0.322 e. The molecular formula is C9H13N3O3. The number of ether oxygens (including phenoxy) is 1. The summed E-state index contributed by atoms with van der Waals surface area (Å²) in [5.74, 6) is 0.534. The van der Waals surface area contributed by atoms with Crippen LogP contribution in [0.5, 0.6) is 5.88 Å². The quantitative estimate of drug-likeness (QED) is 0.758. The number of aryl methyl sites for hydroxylation is 1. The minimum absolute atomic E-state index is 0.180. The predicted molar refractivity (Wildman–Crippen MR) is 54.2 cm³/mol. The van der Waals surface area contributed by atoms with Crippen molar-refractivity contribution < 1.29 is 14.6 Å². The number of carbonyl (C=O) groups is 1. The number of hydrogen-bond acceptors (Lipinski definition) is 5. The predicted octanol–water partition coefficient (Wildman–Crippen LogP) is 0.599. The molecule has 0 aliphatic rings. The zero-order valence-electron chi connectivity index (χ0n) is 8.87. The molecule has 0 aliphatic carbocycles. The summed E-state index contributed by atoms with van der Waals surface area (Å²) in [7, 11) is 1.51. The zero-order valence-corrected chi connectivity index (χ0v) is 8.87. The van der Waals surface area contributed by atoms with Crippen molar-refractivity contribution in [3.05, 3.63) is 11.4 Å². The summed E-state index contributed by atoms with van der Waals surface area (Å²) in [5, 5.41) is 11.2. The average molecular weight is 211 g/mol. The van der Waals surface area contributed by atoms with Crippen molar-refractivity contribution in [3.8, 4) is 5.88 Å². The first-order valence-corrected chi connectivity index (χ1v) is 4.39. The van der Waals surface area contributed by atoms with E-state index in [1.807, 2.05) is 0 Å². The van der Waals surface area contributed by atoms with Crippen LogP contribution >= 0.6 is 0 Å². The van der Waals surface area contributed by atoms with Gasteiger partial charge in [-0.15, -0.1) is 0 Å². The van der Waals surface area contributed by atoms with Crippen LogP contribution in [0.3, 0.4) is 0 Å². The Bertz CT molecular complexity index is 379. The number of anilines is 1. The molecule has 0 saturated carbocycles. The van der Waals surface area contributed by atoms with Crippen molar-refractivity contribution in [1.82, 2.24) is 9.97 Å². The lowest BCUT2D eigenvalue weighted by atomic mass is 10.3. The molecular weight excluding hydrogens is 198 g/mol. The van der Waals surface area contributed by atoms with Gasteiger partial charge in [0.25, 0.3) is 0 Å². The summed E-state index contributed by atoms with van der Waals surface area (Å²) in [6, 6.07) is 0. The Labute approximate surface area is 87.3 Å². The Hall–Kier alpha value is -1.85. The number of rotatable bonds is 4. The van der Waals surface area contributed by atoms with Crippen molar-refractivity contribution in [1.29, 1.82) is 0 Å². The molecule has 0 radical (unpaired) electrons. The van der Waals surface area contributed by atoms with Crippen LogP contribution in [-0.2, 0) is 4.79 Å². The van der Waals surface area contributed by atoms with E-state index in [1.54, 1.807) is 13.8 Å². The van der Waals surface area contributed by atoms with Gasteiger partial charge in [-0.2, -0.15) is 4.98 Å². The van der Waals surface area contributed by atoms with Crippen LogP contribution in [0.4, 0.5) is 5.82 Å². The van der Waals surface area contributed by atoms with Crippen LogP contribution in [0.15, 0.2) is 0 Å². The highest BCUT2D eigenvalue weighted by Crippen LogP contribution is 2.20. The Kier molecular flexibility index (Phi) is 3.43. The van der Waals surface area contributed by atoms with Gasteiger partial charge in [0, 0.05) is 0 Å². The molecule has 0 aromatic carbocycles. The molecule has 1 heterocycles. The molecule has 0 fully saturated rings. The van der Waals surface area contributed by atoms with E-state index in [2.05, 4.69) is 15.3 Å².